The van der Waals surface area contributed by atoms with E-state index in [1.54, 1.807) is 42.5 Å². The molecule has 0 saturated carbocycles. The molecule has 0 aliphatic carbocycles. The Morgan fingerprint density at radius 3 is 2.48 bits per heavy atom. The molecule has 0 saturated heterocycles. The van der Waals surface area contributed by atoms with Crippen molar-refractivity contribution >= 4 is 23.8 Å². The van der Waals surface area contributed by atoms with Gasteiger partial charge in [0.1, 0.15) is 19.0 Å². The van der Waals surface area contributed by atoms with E-state index in [9.17, 15) is 19.7 Å². The zero-order valence-corrected chi connectivity index (χ0v) is 17.1. The molecule has 0 atom stereocenters. The molecule has 0 radical (unpaired) electrons. The number of rotatable bonds is 6. The van der Waals surface area contributed by atoms with E-state index in [2.05, 4.69) is 10.5 Å². The highest BCUT2D eigenvalue weighted by Crippen LogP contribution is 2.30. The van der Waals surface area contributed by atoms with Gasteiger partial charge in [-0.2, -0.15) is 5.10 Å². The number of hydrogen-bond donors (Lipinski definition) is 1. The summed E-state index contributed by atoms with van der Waals surface area (Å²) in [5.41, 5.74) is 2.84. The normalized spacial score (nSPS) is 12.2. The average molecular weight is 447 g/mol. The van der Waals surface area contributed by atoms with Crippen molar-refractivity contribution in [1.82, 2.24) is 5.43 Å². The fraction of sp³-hybridized carbons (Fsp3) is 0.0870. The molecular weight excluding hydrogens is 430 g/mol. The van der Waals surface area contributed by atoms with E-state index in [0.29, 0.717) is 30.3 Å². The molecule has 1 amide bonds. The van der Waals surface area contributed by atoms with E-state index in [-0.39, 0.29) is 22.6 Å². The lowest BCUT2D eigenvalue weighted by Crippen LogP contribution is -2.19. The number of hydrogen-bond acceptors (Lipinski definition) is 8. The first-order valence-corrected chi connectivity index (χ1v) is 9.80. The van der Waals surface area contributed by atoms with Gasteiger partial charge >= 0.3 is 5.97 Å². The summed E-state index contributed by atoms with van der Waals surface area (Å²) in [5.74, 6) is -0.128. The zero-order chi connectivity index (χ0) is 23.2. The highest BCUT2D eigenvalue weighted by Gasteiger charge is 2.16. The number of nitrogens with zero attached hydrogens (tertiary/aromatic N) is 2. The number of nitrogens with one attached hydrogen (secondary N) is 1. The van der Waals surface area contributed by atoms with Crippen LogP contribution in [0.1, 0.15) is 26.3 Å². The molecule has 4 rings (SSSR count). The highest BCUT2D eigenvalue weighted by molar-refractivity contribution is 5.96. The van der Waals surface area contributed by atoms with Gasteiger partial charge in [-0.15, -0.1) is 0 Å². The largest absolute Gasteiger partial charge is 0.486 e. The highest BCUT2D eigenvalue weighted by atomic mass is 16.6. The van der Waals surface area contributed by atoms with Gasteiger partial charge in [0.05, 0.1) is 16.7 Å². The average Bonchev–Trinajstić information content (AvgIpc) is 2.85. The van der Waals surface area contributed by atoms with Crippen molar-refractivity contribution in [2.75, 3.05) is 13.2 Å². The fourth-order valence-electron chi connectivity index (χ4n) is 2.99. The van der Waals surface area contributed by atoms with Gasteiger partial charge in [0.25, 0.3) is 11.6 Å². The molecule has 3 aromatic rings. The van der Waals surface area contributed by atoms with Gasteiger partial charge in [0.15, 0.2) is 11.5 Å². The van der Waals surface area contributed by atoms with Gasteiger partial charge < -0.3 is 14.2 Å². The Labute approximate surface area is 187 Å². The van der Waals surface area contributed by atoms with Crippen molar-refractivity contribution in [1.29, 1.82) is 0 Å². The van der Waals surface area contributed by atoms with Crippen molar-refractivity contribution in [2.45, 2.75) is 0 Å². The molecule has 0 unspecified atom stereocenters. The molecular formula is C23H17N3O7. The first-order chi connectivity index (χ1) is 16.0. The molecule has 0 spiro atoms. The third-order valence-corrected chi connectivity index (χ3v) is 4.59. The third-order valence-electron chi connectivity index (χ3n) is 4.59. The van der Waals surface area contributed by atoms with E-state index >= 15 is 0 Å². The van der Waals surface area contributed by atoms with Crippen LogP contribution in [0.15, 0.2) is 71.8 Å². The summed E-state index contributed by atoms with van der Waals surface area (Å²) in [7, 11) is 0. The monoisotopic (exact) mass is 447 g/mol. The second-order valence-corrected chi connectivity index (χ2v) is 6.79. The van der Waals surface area contributed by atoms with Crippen molar-refractivity contribution in [3.63, 3.8) is 0 Å². The Hall–Kier alpha value is -4.73. The standard InChI is InChI=1S/C23H17N3O7/c27-22(16-6-8-20-21(13-16)32-11-10-31-20)25-24-14-17-12-18(26(29)30)7-9-19(17)33-23(28)15-4-2-1-3-5-15/h1-9,12-14H,10-11H2,(H,25,27)/b24-14-. The number of nitro groups is 1. The molecule has 1 N–H and O–H groups in total. The van der Waals surface area contributed by atoms with Crippen LogP contribution < -0.4 is 19.6 Å². The molecule has 10 heteroatoms. The van der Waals surface area contributed by atoms with Crippen LogP contribution in [0.25, 0.3) is 0 Å². The minimum atomic E-state index is -0.639. The predicted octanol–water partition coefficient (Wildman–Crippen LogP) is 3.35. The second kappa shape index (κ2) is 9.60. The van der Waals surface area contributed by atoms with Crippen LogP contribution in [-0.2, 0) is 0 Å². The van der Waals surface area contributed by atoms with Crippen molar-refractivity contribution in [2.24, 2.45) is 5.10 Å². The van der Waals surface area contributed by atoms with Gasteiger partial charge in [-0.25, -0.2) is 10.2 Å². The Bertz CT molecular complexity index is 1240. The molecule has 10 nitrogen and oxygen atoms in total. The van der Waals surface area contributed by atoms with Crippen LogP contribution in [0.4, 0.5) is 5.69 Å². The second-order valence-electron chi connectivity index (χ2n) is 6.79. The van der Waals surface area contributed by atoms with Gasteiger partial charge in [0, 0.05) is 23.3 Å². The van der Waals surface area contributed by atoms with E-state index in [1.807, 2.05) is 0 Å². The maximum absolute atomic E-state index is 12.4. The van der Waals surface area contributed by atoms with Gasteiger partial charge in [-0.05, 0) is 36.4 Å². The van der Waals surface area contributed by atoms with E-state index in [0.717, 1.165) is 6.21 Å². The molecule has 0 aromatic heterocycles. The van der Waals surface area contributed by atoms with Crippen molar-refractivity contribution < 1.29 is 28.7 Å². The molecule has 166 valence electrons. The number of non-ortho nitro benzene ring substituents is 1. The quantitative estimate of drug-likeness (QED) is 0.202. The Morgan fingerprint density at radius 2 is 1.73 bits per heavy atom. The number of carbonyl (C=O) groups excluding carboxylic acids is 2. The maximum Gasteiger partial charge on any atom is 0.343 e. The molecule has 3 aromatic carbocycles. The van der Waals surface area contributed by atoms with Crippen LogP contribution in [0.2, 0.25) is 0 Å². The SMILES string of the molecule is O=C(N/N=C\c1cc([N+](=O)[O-])ccc1OC(=O)c1ccccc1)c1ccc2c(c1)OCCO2. The minimum Gasteiger partial charge on any atom is -0.486 e. The number of fused-ring (bicyclic) bond motifs is 1. The summed E-state index contributed by atoms with van der Waals surface area (Å²) in [6.45, 7) is 0.816. The van der Waals surface area contributed by atoms with Gasteiger partial charge in [-0.3, -0.25) is 14.9 Å². The Morgan fingerprint density at radius 1 is 0.970 bits per heavy atom. The third kappa shape index (κ3) is 5.13. The molecule has 1 aliphatic rings. The van der Waals surface area contributed by atoms with Crippen LogP contribution in [-0.4, -0.2) is 36.2 Å². The van der Waals surface area contributed by atoms with Crippen LogP contribution in [0, 0.1) is 10.1 Å². The van der Waals surface area contributed by atoms with Crippen molar-refractivity contribution in [3.05, 3.63) is 93.5 Å². The summed E-state index contributed by atoms with van der Waals surface area (Å²) >= 11 is 0. The molecule has 0 bridgehead atoms. The van der Waals surface area contributed by atoms with E-state index < -0.39 is 16.8 Å². The summed E-state index contributed by atoms with van der Waals surface area (Å²) in [5, 5.41) is 15.0. The van der Waals surface area contributed by atoms with E-state index in [1.165, 1.54) is 24.3 Å². The summed E-state index contributed by atoms with van der Waals surface area (Å²) in [4.78, 5) is 35.4. The molecule has 33 heavy (non-hydrogen) atoms. The van der Waals surface area contributed by atoms with Crippen LogP contribution >= 0.6 is 0 Å². The molecule has 1 heterocycles. The minimum absolute atomic E-state index is 0.0479. The number of nitro benzene ring substituents is 1. The fourth-order valence-corrected chi connectivity index (χ4v) is 2.99. The summed E-state index contributed by atoms with van der Waals surface area (Å²) in [6, 6.07) is 16.7. The number of carbonyl (C=O) groups is 2. The van der Waals surface area contributed by atoms with Gasteiger partial charge in [0.2, 0.25) is 0 Å². The number of ether oxygens (including phenoxy) is 3. The lowest BCUT2D eigenvalue weighted by atomic mass is 10.2. The topological polar surface area (TPSA) is 129 Å². The lowest BCUT2D eigenvalue weighted by Gasteiger charge is -2.18. The van der Waals surface area contributed by atoms with Crippen LogP contribution in [0.3, 0.4) is 0 Å². The number of amides is 1. The summed E-state index contributed by atoms with van der Waals surface area (Å²) in [6.07, 6.45) is 1.16. The number of benzene rings is 3. The smallest absolute Gasteiger partial charge is 0.343 e. The predicted molar refractivity (Wildman–Crippen MR) is 117 cm³/mol. The van der Waals surface area contributed by atoms with Crippen LogP contribution in [0.5, 0.6) is 17.2 Å². The zero-order valence-electron chi connectivity index (χ0n) is 17.1. The summed E-state index contributed by atoms with van der Waals surface area (Å²) < 4.78 is 16.3. The Balaban J connectivity index is 1.52. The number of hydrazone groups is 1. The van der Waals surface area contributed by atoms with Gasteiger partial charge in [-0.1, -0.05) is 18.2 Å². The first-order valence-electron chi connectivity index (χ1n) is 9.80. The Kier molecular flexibility index (Phi) is 6.26. The van der Waals surface area contributed by atoms with E-state index in [4.69, 9.17) is 14.2 Å². The maximum atomic E-state index is 12.4. The first kappa shape index (κ1) is 21.5. The molecule has 0 fully saturated rings. The molecule has 1 aliphatic heterocycles. The lowest BCUT2D eigenvalue weighted by molar-refractivity contribution is -0.384. The van der Waals surface area contributed by atoms with Crippen molar-refractivity contribution in [3.8, 4) is 17.2 Å². The number of esters is 1.